The van der Waals surface area contributed by atoms with Gasteiger partial charge in [-0.1, -0.05) is 0 Å². The molecule has 1 heterocycles. The van der Waals surface area contributed by atoms with Crippen LogP contribution >= 0.6 is 0 Å². The van der Waals surface area contributed by atoms with Gasteiger partial charge in [-0.05, 0) is 45.2 Å². The number of rotatable bonds is 1. The van der Waals surface area contributed by atoms with Crippen molar-refractivity contribution in [3.63, 3.8) is 0 Å². The van der Waals surface area contributed by atoms with Crippen molar-refractivity contribution in [2.45, 2.75) is 39.2 Å². The zero-order valence-corrected chi connectivity index (χ0v) is 12.4. The van der Waals surface area contributed by atoms with Gasteiger partial charge in [0.05, 0.1) is 5.69 Å². The highest BCUT2D eigenvalue weighted by molar-refractivity contribution is 6.06. The lowest BCUT2D eigenvalue weighted by atomic mass is 10.00. The SMILES string of the molecule is CC(C)(C)OC(=O)C1CCc2cc(N)c(O)cc2NC1=O. The van der Waals surface area contributed by atoms with Crippen LogP contribution in [-0.4, -0.2) is 22.6 Å². The Kier molecular flexibility index (Phi) is 3.80. The summed E-state index contributed by atoms with van der Waals surface area (Å²) in [5.74, 6) is -1.91. The number of fused-ring (bicyclic) bond motifs is 1. The number of carbonyl (C=O) groups is 2. The molecule has 21 heavy (non-hydrogen) atoms. The number of amides is 1. The van der Waals surface area contributed by atoms with Crippen LogP contribution in [0.4, 0.5) is 11.4 Å². The number of hydrogen-bond donors (Lipinski definition) is 3. The van der Waals surface area contributed by atoms with Crippen molar-refractivity contribution in [3.8, 4) is 5.75 Å². The maximum atomic E-state index is 12.2. The van der Waals surface area contributed by atoms with Crippen LogP contribution in [0.25, 0.3) is 0 Å². The molecular weight excluding hydrogens is 272 g/mol. The van der Waals surface area contributed by atoms with Crippen molar-refractivity contribution in [3.05, 3.63) is 17.7 Å². The molecule has 6 heteroatoms. The fourth-order valence-corrected chi connectivity index (χ4v) is 2.22. The molecule has 1 aliphatic heterocycles. The van der Waals surface area contributed by atoms with Gasteiger partial charge in [0.1, 0.15) is 17.3 Å². The topological polar surface area (TPSA) is 102 Å². The summed E-state index contributed by atoms with van der Waals surface area (Å²) in [6.07, 6.45) is 0.848. The van der Waals surface area contributed by atoms with Crippen molar-refractivity contribution in [1.29, 1.82) is 0 Å². The van der Waals surface area contributed by atoms with Gasteiger partial charge in [0.15, 0.2) is 0 Å². The molecule has 1 aromatic carbocycles. The lowest BCUT2D eigenvalue weighted by Crippen LogP contribution is -2.35. The fourth-order valence-electron chi connectivity index (χ4n) is 2.22. The molecule has 1 aromatic rings. The first kappa shape index (κ1) is 15.2. The largest absolute Gasteiger partial charge is 0.506 e. The number of nitrogens with one attached hydrogen (secondary N) is 1. The number of nitrogen functional groups attached to an aromatic ring is 1. The molecule has 0 aromatic heterocycles. The quantitative estimate of drug-likeness (QED) is 0.317. The third-order valence-electron chi connectivity index (χ3n) is 3.22. The molecule has 1 aliphatic rings. The van der Waals surface area contributed by atoms with Gasteiger partial charge in [-0.15, -0.1) is 0 Å². The van der Waals surface area contributed by atoms with Gasteiger partial charge in [-0.2, -0.15) is 0 Å². The van der Waals surface area contributed by atoms with E-state index in [1.165, 1.54) is 6.07 Å². The van der Waals surface area contributed by atoms with E-state index < -0.39 is 23.4 Å². The van der Waals surface area contributed by atoms with E-state index in [2.05, 4.69) is 5.32 Å². The number of benzene rings is 1. The molecular formula is C15H20N2O4. The van der Waals surface area contributed by atoms with Crippen LogP contribution in [-0.2, 0) is 20.7 Å². The Morgan fingerprint density at radius 2 is 2.10 bits per heavy atom. The molecule has 0 bridgehead atoms. The number of phenolic OH excluding ortho intramolecular Hbond substituents is 1. The first-order chi connectivity index (χ1) is 9.67. The van der Waals surface area contributed by atoms with E-state index in [1.807, 2.05) is 0 Å². The number of nitrogens with two attached hydrogens (primary N) is 1. The van der Waals surface area contributed by atoms with E-state index >= 15 is 0 Å². The number of carbonyl (C=O) groups excluding carboxylic acids is 2. The van der Waals surface area contributed by atoms with Crippen LogP contribution in [0.3, 0.4) is 0 Å². The highest BCUT2D eigenvalue weighted by atomic mass is 16.6. The van der Waals surface area contributed by atoms with Crippen LogP contribution in [0, 0.1) is 5.92 Å². The maximum absolute atomic E-state index is 12.2. The van der Waals surface area contributed by atoms with Gasteiger partial charge >= 0.3 is 5.97 Å². The van der Waals surface area contributed by atoms with E-state index in [4.69, 9.17) is 10.5 Å². The summed E-state index contributed by atoms with van der Waals surface area (Å²) in [6, 6.07) is 3.02. The second kappa shape index (κ2) is 5.27. The Morgan fingerprint density at radius 1 is 1.43 bits per heavy atom. The van der Waals surface area contributed by atoms with Crippen LogP contribution in [0.2, 0.25) is 0 Å². The van der Waals surface area contributed by atoms with Crippen LogP contribution < -0.4 is 11.1 Å². The van der Waals surface area contributed by atoms with Crippen LogP contribution in [0.5, 0.6) is 5.75 Å². The van der Waals surface area contributed by atoms with Crippen LogP contribution in [0.1, 0.15) is 32.8 Å². The van der Waals surface area contributed by atoms with Gasteiger partial charge in [-0.25, -0.2) is 0 Å². The number of aryl methyl sites for hydroxylation is 1. The number of anilines is 2. The molecule has 6 nitrogen and oxygen atoms in total. The van der Waals surface area contributed by atoms with Gasteiger partial charge in [0, 0.05) is 11.8 Å². The number of esters is 1. The van der Waals surface area contributed by atoms with E-state index in [0.717, 1.165) is 5.56 Å². The molecule has 0 spiro atoms. The molecule has 4 N–H and O–H groups in total. The van der Waals surface area contributed by atoms with Gasteiger partial charge in [-0.3, -0.25) is 9.59 Å². The zero-order valence-electron chi connectivity index (χ0n) is 12.4. The summed E-state index contributed by atoms with van der Waals surface area (Å²) >= 11 is 0. The molecule has 0 radical (unpaired) electrons. The molecule has 1 amide bonds. The fraction of sp³-hybridized carbons (Fsp3) is 0.467. The predicted octanol–water partition coefficient (Wildman–Crippen LogP) is 1.82. The minimum atomic E-state index is -0.861. The van der Waals surface area contributed by atoms with Crippen molar-refractivity contribution in [1.82, 2.24) is 0 Å². The second-order valence-corrected chi connectivity index (χ2v) is 6.18. The highest BCUT2D eigenvalue weighted by Crippen LogP contribution is 2.32. The molecule has 1 atom stereocenters. The Morgan fingerprint density at radius 3 is 2.71 bits per heavy atom. The van der Waals surface area contributed by atoms with E-state index in [9.17, 15) is 14.7 Å². The third kappa shape index (κ3) is 3.45. The lowest BCUT2D eigenvalue weighted by Gasteiger charge is -2.22. The Hall–Kier alpha value is -2.24. The molecule has 0 saturated carbocycles. The summed E-state index contributed by atoms with van der Waals surface area (Å²) < 4.78 is 5.28. The monoisotopic (exact) mass is 292 g/mol. The lowest BCUT2D eigenvalue weighted by molar-refractivity contribution is -0.161. The summed E-state index contributed by atoms with van der Waals surface area (Å²) in [6.45, 7) is 5.27. The minimum absolute atomic E-state index is 0.0928. The zero-order chi connectivity index (χ0) is 15.8. The van der Waals surface area contributed by atoms with E-state index in [0.29, 0.717) is 18.5 Å². The maximum Gasteiger partial charge on any atom is 0.319 e. The Labute approximate surface area is 123 Å². The number of hydrogen-bond acceptors (Lipinski definition) is 5. The highest BCUT2D eigenvalue weighted by Gasteiger charge is 2.33. The molecule has 0 aliphatic carbocycles. The molecule has 2 rings (SSSR count). The smallest absolute Gasteiger partial charge is 0.319 e. The van der Waals surface area contributed by atoms with Crippen molar-refractivity contribution in [2.75, 3.05) is 11.1 Å². The first-order valence-corrected chi connectivity index (χ1v) is 6.82. The van der Waals surface area contributed by atoms with Gasteiger partial charge in [0.25, 0.3) is 0 Å². The van der Waals surface area contributed by atoms with E-state index in [-0.39, 0.29) is 11.4 Å². The normalized spacial score (nSPS) is 18.4. The molecule has 0 saturated heterocycles. The first-order valence-electron chi connectivity index (χ1n) is 6.82. The number of ether oxygens (including phenoxy) is 1. The summed E-state index contributed by atoms with van der Waals surface area (Å²) in [7, 11) is 0. The molecule has 0 fully saturated rings. The number of aromatic hydroxyl groups is 1. The number of phenols is 1. The van der Waals surface area contributed by atoms with Crippen molar-refractivity contribution in [2.24, 2.45) is 5.92 Å². The van der Waals surface area contributed by atoms with Crippen LogP contribution in [0.15, 0.2) is 12.1 Å². The van der Waals surface area contributed by atoms with Crippen molar-refractivity contribution >= 4 is 23.3 Å². The molecule has 114 valence electrons. The Balaban J connectivity index is 2.22. The standard InChI is InChI=1S/C15H20N2O4/c1-15(2,3)21-14(20)9-5-4-8-6-10(16)12(18)7-11(8)17-13(9)19/h6-7,9,18H,4-5,16H2,1-3H3,(H,17,19). The van der Waals surface area contributed by atoms with Gasteiger partial charge in [0.2, 0.25) is 5.91 Å². The summed E-state index contributed by atoms with van der Waals surface area (Å²) in [4.78, 5) is 24.3. The molecule has 1 unspecified atom stereocenters. The summed E-state index contributed by atoms with van der Waals surface area (Å²) in [5, 5.41) is 12.3. The average molecular weight is 292 g/mol. The second-order valence-electron chi connectivity index (χ2n) is 6.18. The predicted molar refractivity (Wildman–Crippen MR) is 78.8 cm³/mol. The third-order valence-corrected chi connectivity index (χ3v) is 3.22. The van der Waals surface area contributed by atoms with Gasteiger partial charge < -0.3 is 20.9 Å². The Bertz CT molecular complexity index is 590. The average Bonchev–Trinajstić information content (AvgIpc) is 2.47. The minimum Gasteiger partial charge on any atom is -0.506 e. The van der Waals surface area contributed by atoms with E-state index in [1.54, 1.807) is 26.8 Å². The summed E-state index contributed by atoms with van der Waals surface area (Å²) in [5.41, 5.74) is 6.54. The van der Waals surface area contributed by atoms with Crippen molar-refractivity contribution < 1.29 is 19.4 Å².